The van der Waals surface area contributed by atoms with E-state index in [-0.39, 0.29) is 30.1 Å². The van der Waals surface area contributed by atoms with Crippen LogP contribution in [0.2, 0.25) is 0 Å². The molecule has 2 amide bonds. The third kappa shape index (κ3) is 6.45. The van der Waals surface area contributed by atoms with Gasteiger partial charge in [0.05, 0.1) is 17.7 Å². The van der Waals surface area contributed by atoms with Crippen LogP contribution in [0.1, 0.15) is 40.2 Å². The highest BCUT2D eigenvalue weighted by molar-refractivity contribution is 5.98. The number of halogens is 3. The Morgan fingerprint density at radius 2 is 1.79 bits per heavy atom. The minimum absolute atomic E-state index is 0.0763. The van der Waals surface area contributed by atoms with Gasteiger partial charge in [-0.15, -0.1) is 13.2 Å². The number of piperidine rings is 1. The first-order valence-corrected chi connectivity index (χ1v) is 12.2. The maximum atomic E-state index is 12.7. The maximum absolute atomic E-state index is 12.7. The van der Waals surface area contributed by atoms with Crippen LogP contribution in [-0.2, 0) is 11.2 Å². The molecule has 0 aliphatic carbocycles. The molecule has 2 N–H and O–H groups in total. The Bertz CT molecular complexity index is 1280. The summed E-state index contributed by atoms with van der Waals surface area (Å²) in [5.41, 5.74) is 4.56. The Labute approximate surface area is 218 Å². The van der Waals surface area contributed by atoms with Crippen LogP contribution in [0.3, 0.4) is 0 Å². The maximum Gasteiger partial charge on any atom is 0.573 e. The number of aryl methyl sites for hydroxylation is 2. The molecule has 0 spiro atoms. The molecule has 0 atom stereocenters. The van der Waals surface area contributed by atoms with Crippen LogP contribution < -0.4 is 14.8 Å². The molecular weight excluding hydrogens is 501 g/mol. The monoisotopic (exact) mass is 530 g/mol. The van der Waals surface area contributed by atoms with E-state index >= 15 is 0 Å². The van der Waals surface area contributed by atoms with E-state index < -0.39 is 6.36 Å². The zero-order valence-electron chi connectivity index (χ0n) is 21.3. The Balaban J connectivity index is 1.36. The standard InChI is InChI=1S/C27H29F3N4O4/c1-16-25(17(2)33-32-16)19-6-9-23(22(15-19)26(36)31-3)37-20-10-12-34(13-11-20)24(35)14-18-4-7-21(8-5-18)38-27(28,29)30/h4-9,15,20H,10-14H2,1-3H3,(H,31,36)(H,32,33). The first-order valence-electron chi connectivity index (χ1n) is 12.2. The lowest BCUT2D eigenvalue weighted by Gasteiger charge is -2.32. The third-order valence-electron chi connectivity index (χ3n) is 6.47. The predicted molar refractivity (Wildman–Crippen MR) is 134 cm³/mol. The highest BCUT2D eigenvalue weighted by Gasteiger charge is 2.31. The van der Waals surface area contributed by atoms with Gasteiger partial charge in [0.1, 0.15) is 17.6 Å². The summed E-state index contributed by atoms with van der Waals surface area (Å²) in [6.07, 6.45) is -3.69. The van der Waals surface area contributed by atoms with Crippen LogP contribution in [-0.4, -0.2) is 59.5 Å². The van der Waals surface area contributed by atoms with E-state index in [0.29, 0.717) is 42.8 Å². The van der Waals surface area contributed by atoms with E-state index in [1.165, 1.54) is 24.3 Å². The van der Waals surface area contributed by atoms with Crippen molar-refractivity contribution in [3.63, 3.8) is 0 Å². The summed E-state index contributed by atoms with van der Waals surface area (Å²) in [5.74, 6) is -0.238. The molecule has 1 aromatic heterocycles. The van der Waals surface area contributed by atoms with E-state index in [1.807, 2.05) is 19.9 Å². The lowest BCUT2D eigenvalue weighted by atomic mass is 10.00. The molecule has 1 aliphatic heterocycles. The van der Waals surface area contributed by atoms with Crippen molar-refractivity contribution in [2.75, 3.05) is 20.1 Å². The number of likely N-dealkylation sites (tertiary alicyclic amines) is 1. The van der Waals surface area contributed by atoms with E-state index in [2.05, 4.69) is 20.3 Å². The van der Waals surface area contributed by atoms with Crippen LogP contribution in [0.15, 0.2) is 42.5 Å². The number of aromatic nitrogens is 2. The molecule has 2 heterocycles. The Hall–Kier alpha value is -4.02. The summed E-state index contributed by atoms with van der Waals surface area (Å²) in [6.45, 7) is 4.76. The number of amides is 2. The van der Waals surface area contributed by atoms with Crippen LogP contribution >= 0.6 is 0 Å². The van der Waals surface area contributed by atoms with Crippen molar-refractivity contribution in [1.82, 2.24) is 20.4 Å². The summed E-state index contributed by atoms with van der Waals surface area (Å²) in [7, 11) is 1.56. The summed E-state index contributed by atoms with van der Waals surface area (Å²) in [4.78, 5) is 27.1. The lowest BCUT2D eigenvalue weighted by molar-refractivity contribution is -0.274. The number of carbonyl (C=O) groups excluding carboxylic acids is 2. The molecule has 1 saturated heterocycles. The minimum Gasteiger partial charge on any atom is -0.489 e. The zero-order valence-corrected chi connectivity index (χ0v) is 21.3. The van der Waals surface area contributed by atoms with Crippen molar-refractivity contribution in [1.29, 1.82) is 0 Å². The molecule has 3 aromatic rings. The van der Waals surface area contributed by atoms with Gasteiger partial charge in [-0.2, -0.15) is 5.10 Å². The fourth-order valence-electron chi connectivity index (χ4n) is 4.57. The second-order valence-electron chi connectivity index (χ2n) is 9.17. The SMILES string of the molecule is CNC(=O)c1cc(-c2c(C)n[nH]c2C)ccc1OC1CCN(C(=O)Cc2ccc(OC(F)(F)F)cc2)CC1. The van der Waals surface area contributed by atoms with Gasteiger partial charge in [0, 0.05) is 44.2 Å². The number of H-pyrrole nitrogens is 1. The molecule has 1 fully saturated rings. The highest BCUT2D eigenvalue weighted by Crippen LogP contribution is 2.32. The first kappa shape index (κ1) is 27.0. The van der Waals surface area contributed by atoms with Gasteiger partial charge < -0.3 is 19.7 Å². The topological polar surface area (TPSA) is 96.5 Å². The summed E-state index contributed by atoms with van der Waals surface area (Å²) in [5, 5.41) is 9.85. The van der Waals surface area contributed by atoms with Crippen LogP contribution in [0.4, 0.5) is 13.2 Å². The van der Waals surface area contributed by atoms with Gasteiger partial charge in [-0.05, 0) is 49.2 Å². The average molecular weight is 531 g/mol. The molecule has 202 valence electrons. The average Bonchev–Trinajstić information content (AvgIpc) is 3.22. The Morgan fingerprint density at radius 1 is 1.11 bits per heavy atom. The number of alkyl halides is 3. The quantitative estimate of drug-likeness (QED) is 0.467. The molecular formula is C27H29F3N4O4. The van der Waals surface area contributed by atoms with E-state index in [4.69, 9.17) is 4.74 Å². The lowest BCUT2D eigenvalue weighted by Crippen LogP contribution is -2.42. The van der Waals surface area contributed by atoms with Gasteiger partial charge in [0.25, 0.3) is 5.91 Å². The summed E-state index contributed by atoms with van der Waals surface area (Å²) < 4.78 is 47.1. The van der Waals surface area contributed by atoms with Crippen molar-refractivity contribution in [2.45, 2.75) is 45.6 Å². The molecule has 0 saturated carbocycles. The minimum atomic E-state index is -4.76. The number of benzene rings is 2. The second kappa shape index (κ2) is 11.2. The molecule has 0 bridgehead atoms. The zero-order chi connectivity index (χ0) is 27.4. The summed E-state index contributed by atoms with van der Waals surface area (Å²) in [6, 6.07) is 10.8. The van der Waals surface area contributed by atoms with Crippen molar-refractivity contribution < 1.29 is 32.2 Å². The van der Waals surface area contributed by atoms with Gasteiger partial charge in [-0.3, -0.25) is 14.7 Å². The number of nitrogens with zero attached hydrogens (tertiary/aromatic N) is 2. The molecule has 0 unspecified atom stereocenters. The van der Waals surface area contributed by atoms with Gasteiger partial charge in [0.2, 0.25) is 5.91 Å². The van der Waals surface area contributed by atoms with E-state index in [9.17, 15) is 22.8 Å². The van der Waals surface area contributed by atoms with Crippen LogP contribution in [0.25, 0.3) is 11.1 Å². The number of rotatable bonds is 7. The number of carbonyl (C=O) groups is 2. The molecule has 38 heavy (non-hydrogen) atoms. The van der Waals surface area contributed by atoms with Crippen molar-refractivity contribution in [2.24, 2.45) is 0 Å². The molecule has 2 aromatic carbocycles. The van der Waals surface area contributed by atoms with E-state index in [1.54, 1.807) is 24.1 Å². The van der Waals surface area contributed by atoms with Crippen LogP contribution in [0, 0.1) is 13.8 Å². The molecule has 11 heteroatoms. The first-order chi connectivity index (χ1) is 18.0. The Kier molecular flexibility index (Phi) is 7.94. The number of ether oxygens (including phenoxy) is 2. The van der Waals surface area contributed by atoms with Gasteiger partial charge in [0.15, 0.2) is 0 Å². The number of nitrogens with one attached hydrogen (secondary N) is 2. The third-order valence-corrected chi connectivity index (χ3v) is 6.47. The number of aromatic amines is 1. The van der Waals surface area contributed by atoms with Crippen molar-refractivity contribution in [3.8, 4) is 22.6 Å². The normalized spacial score (nSPS) is 14.3. The molecule has 4 rings (SSSR count). The van der Waals surface area contributed by atoms with E-state index in [0.717, 1.165) is 22.5 Å². The smallest absolute Gasteiger partial charge is 0.489 e. The fourth-order valence-corrected chi connectivity index (χ4v) is 4.57. The van der Waals surface area contributed by atoms with Gasteiger partial charge >= 0.3 is 6.36 Å². The second-order valence-corrected chi connectivity index (χ2v) is 9.17. The van der Waals surface area contributed by atoms with Crippen molar-refractivity contribution >= 4 is 11.8 Å². The highest BCUT2D eigenvalue weighted by atomic mass is 19.4. The van der Waals surface area contributed by atoms with Crippen molar-refractivity contribution in [3.05, 3.63) is 65.0 Å². The largest absolute Gasteiger partial charge is 0.573 e. The summed E-state index contributed by atoms with van der Waals surface area (Å²) >= 11 is 0. The van der Waals surface area contributed by atoms with Gasteiger partial charge in [-0.25, -0.2) is 0 Å². The molecule has 8 nitrogen and oxygen atoms in total. The number of hydrogen-bond donors (Lipinski definition) is 2. The Morgan fingerprint density at radius 3 is 2.37 bits per heavy atom. The van der Waals surface area contributed by atoms with Gasteiger partial charge in [-0.1, -0.05) is 18.2 Å². The number of hydrogen-bond acceptors (Lipinski definition) is 5. The molecule has 0 radical (unpaired) electrons. The fraction of sp³-hybridized carbons (Fsp3) is 0.370. The predicted octanol–water partition coefficient (Wildman–Crippen LogP) is 4.56. The molecule has 1 aliphatic rings. The van der Waals surface area contributed by atoms with Crippen LogP contribution in [0.5, 0.6) is 11.5 Å².